The van der Waals surface area contributed by atoms with Gasteiger partial charge in [-0.15, -0.1) is 0 Å². The van der Waals surface area contributed by atoms with E-state index in [1.165, 1.54) is 10.1 Å². The number of halogens is 1. The minimum absolute atomic E-state index is 0.00609. The Labute approximate surface area is 169 Å². The van der Waals surface area contributed by atoms with Crippen LogP contribution in [0.5, 0.6) is 0 Å². The number of rotatable bonds is 3. The molecule has 0 aliphatic carbocycles. The second-order valence-corrected chi connectivity index (χ2v) is 8.18. The molecule has 3 aliphatic heterocycles. The molecule has 152 valence electrons. The van der Waals surface area contributed by atoms with Crippen LogP contribution in [0.4, 0.5) is 0 Å². The number of hydroxylamine groups is 4. The highest BCUT2D eigenvalue weighted by atomic mass is 35.5. The Morgan fingerprint density at radius 2 is 1.96 bits per heavy atom. The van der Waals surface area contributed by atoms with E-state index in [2.05, 4.69) is 0 Å². The molecule has 8 heteroatoms. The number of nitrogens with zero attached hydrogens (tertiary/aromatic N) is 2. The average molecular weight is 409 g/mol. The van der Waals surface area contributed by atoms with Crippen molar-refractivity contribution >= 4 is 23.1 Å². The van der Waals surface area contributed by atoms with Crippen LogP contribution >= 0.6 is 11.6 Å². The molecule has 1 spiro atoms. The van der Waals surface area contributed by atoms with Crippen LogP contribution in [0.25, 0.3) is 5.57 Å². The highest BCUT2D eigenvalue weighted by Gasteiger charge is 2.56. The normalized spacial score (nSPS) is 25.4. The first-order chi connectivity index (χ1) is 13.3. The molecule has 1 atom stereocenters. The Hall–Kier alpha value is -1.64. The molecule has 1 amide bonds. The van der Waals surface area contributed by atoms with E-state index in [0.717, 1.165) is 17.5 Å². The summed E-state index contributed by atoms with van der Waals surface area (Å²) in [5.74, 6) is -0.391. The van der Waals surface area contributed by atoms with Crippen molar-refractivity contribution < 1.29 is 24.7 Å². The molecule has 2 N–H and O–H groups in total. The Kier molecular flexibility index (Phi) is 5.14. The van der Waals surface area contributed by atoms with E-state index in [-0.39, 0.29) is 17.2 Å². The molecule has 2 fully saturated rings. The summed E-state index contributed by atoms with van der Waals surface area (Å²) in [4.78, 5) is 19.4. The van der Waals surface area contributed by atoms with Crippen LogP contribution < -0.4 is 0 Å². The van der Waals surface area contributed by atoms with E-state index in [0.29, 0.717) is 49.5 Å². The van der Waals surface area contributed by atoms with Crippen LogP contribution in [0.2, 0.25) is 5.02 Å². The van der Waals surface area contributed by atoms with E-state index >= 15 is 0 Å². The van der Waals surface area contributed by atoms with Gasteiger partial charge in [0, 0.05) is 24.5 Å². The third-order valence-electron chi connectivity index (χ3n) is 5.92. The van der Waals surface area contributed by atoms with Crippen LogP contribution in [-0.2, 0) is 14.4 Å². The second-order valence-electron chi connectivity index (χ2n) is 7.77. The molecule has 2 saturated heterocycles. The van der Waals surface area contributed by atoms with Crippen molar-refractivity contribution in [1.82, 2.24) is 10.1 Å². The number of aliphatic hydroxyl groups excluding tert-OH is 1. The maximum atomic E-state index is 13.4. The molecule has 4 rings (SSSR count). The molecule has 28 heavy (non-hydrogen) atoms. The molecule has 1 aromatic rings. The van der Waals surface area contributed by atoms with E-state index in [9.17, 15) is 15.1 Å². The van der Waals surface area contributed by atoms with Crippen LogP contribution in [0.15, 0.2) is 17.9 Å². The quantitative estimate of drug-likeness (QED) is 0.798. The van der Waals surface area contributed by atoms with Crippen molar-refractivity contribution in [1.29, 1.82) is 0 Å². The molecule has 1 unspecified atom stereocenters. The van der Waals surface area contributed by atoms with Crippen molar-refractivity contribution in [2.24, 2.45) is 0 Å². The third kappa shape index (κ3) is 3.11. The maximum Gasteiger partial charge on any atom is 0.282 e. The van der Waals surface area contributed by atoms with Gasteiger partial charge in [0.1, 0.15) is 11.3 Å². The predicted octanol–water partition coefficient (Wildman–Crippen LogP) is 3.36. The fraction of sp³-hybridized carbons (Fsp3) is 0.550. The van der Waals surface area contributed by atoms with Gasteiger partial charge in [0.05, 0.1) is 12.2 Å². The number of piperidine rings is 1. The number of aliphatic hydroxyl groups is 1. The van der Waals surface area contributed by atoms with Gasteiger partial charge in [-0.3, -0.25) is 4.79 Å². The van der Waals surface area contributed by atoms with Gasteiger partial charge in [-0.2, -0.15) is 5.06 Å². The van der Waals surface area contributed by atoms with Crippen molar-refractivity contribution in [3.63, 3.8) is 0 Å². The highest BCUT2D eigenvalue weighted by Crippen LogP contribution is 2.46. The van der Waals surface area contributed by atoms with Crippen LogP contribution in [-0.4, -0.2) is 57.9 Å². The largest absolute Gasteiger partial charge is 0.509 e. The molecular formula is C20H25ClN2O5. The van der Waals surface area contributed by atoms with Gasteiger partial charge >= 0.3 is 0 Å². The zero-order valence-corrected chi connectivity index (χ0v) is 16.8. The Balaban J connectivity index is 1.78. The fourth-order valence-corrected chi connectivity index (χ4v) is 4.44. The van der Waals surface area contributed by atoms with Gasteiger partial charge in [-0.05, 0) is 61.9 Å². The SMILES string of the molecule is Cc1cc(C2=C(O)C3(CCN(O)CC3)N(OC3CCCO3)C2=O)c(C)cc1Cl. The van der Waals surface area contributed by atoms with E-state index in [1.54, 1.807) is 6.07 Å². The number of hydrogen-bond acceptors (Lipinski definition) is 6. The molecule has 3 heterocycles. The number of carbonyl (C=O) groups excluding carboxylic acids is 1. The van der Waals surface area contributed by atoms with Gasteiger partial charge < -0.3 is 15.1 Å². The number of amides is 1. The molecule has 0 aromatic heterocycles. The molecule has 0 radical (unpaired) electrons. The first-order valence-corrected chi connectivity index (χ1v) is 9.99. The summed E-state index contributed by atoms with van der Waals surface area (Å²) in [7, 11) is 0. The lowest BCUT2D eigenvalue weighted by Crippen LogP contribution is -2.55. The van der Waals surface area contributed by atoms with Crippen LogP contribution in [0.3, 0.4) is 0 Å². The standard InChI is InChI=1S/C20H25ClN2O5/c1-12-11-15(21)13(2)10-14(12)17-18(24)20(5-7-22(26)8-6-20)23(19(17)25)28-16-4-3-9-27-16/h10-11,16,24,26H,3-9H2,1-2H3. The zero-order valence-electron chi connectivity index (χ0n) is 16.1. The predicted molar refractivity (Wildman–Crippen MR) is 103 cm³/mol. The summed E-state index contributed by atoms with van der Waals surface area (Å²) < 4.78 is 5.56. The second kappa shape index (κ2) is 7.31. The van der Waals surface area contributed by atoms with Crippen molar-refractivity contribution in [2.75, 3.05) is 19.7 Å². The van der Waals surface area contributed by atoms with Crippen LogP contribution in [0.1, 0.15) is 42.4 Å². The Bertz CT molecular complexity index is 826. The number of benzene rings is 1. The van der Waals surface area contributed by atoms with E-state index in [1.807, 2.05) is 19.9 Å². The molecule has 0 bridgehead atoms. The highest BCUT2D eigenvalue weighted by molar-refractivity contribution is 6.31. The number of ether oxygens (including phenoxy) is 1. The lowest BCUT2D eigenvalue weighted by Gasteiger charge is -2.42. The minimum atomic E-state index is -1.00. The van der Waals surface area contributed by atoms with Gasteiger partial charge in [-0.25, -0.2) is 9.90 Å². The van der Waals surface area contributed by atoms with E-state index < -0.39 is 11.8 Å². The van der Waals surface area contributed by atoms with Crippen molar-refractivity contribution in [2.45, 2.75) is 51.4 Å². The fourth-order valence-electron chi connectivity index (χ4n) is 4.22. The van der Waals surface area contributed by atoms with E-state index in [4.69, 9.17) is 21.2 Å². The molecule has 3 aliphatic rings. The Morgan fingerprint density at radius 3 is 2.61 bits per heavy atom. The third-order valence-corrected chi connectivity index (χ3v) is 6.32. The first-order valence-electron chi connectivity index (χ1n) is 9.61. The Morgan fingerprint density at radius 1 is 1.25 bits per heavy atom. The summed E-state index contributed by atoms with van der Waals surface area (Å²) in [5.41, 5.74) is 1.51. The number of carbonyl (C=O) groups is 1. The summed E-state index contributed by atoms with van der Waals surface area (Å²) >= 11 is 6.22. The smallest absolute Gasteiger partial charge is 0.282 e. The topological polar surface area (TPSA) is 82.5 Å². The first kappa shape index (κ1) is 19.7. The average Bonchev–Trinajstić information content (AvgIpc) is 3.23. The summed E-state index contributed by atoms with van der Waals surface area (Å²) in [6.45, 7) is 4.97. The molecule has 1 aromatic carbocycles. The van der Waals surface area contributed by atoms with Crippen LogP contribution in [0, 0.1) is 13.8 Å². The lowest BCUT2D eigenvalue weighted by atomic mass is 9.85. The number of hydrogen-bond donors (Lipinski definition) is 2. The monoisotopic (exact) mass is 408 g/mol. The molecule has 0 saturated carbocycles. The van der Waals surface area contributed by atoms with Gasteiger partial charge in [0.2, 0.25) is 0 Å². The maximum absolute atomic E-state index is 13.4. The van der Waals surface area contributed by atoms with Gasteiger partial charge in [0.15, 0.2) is 6.29 Å². The zero-order chi connectivity index (χ0) is 20.1. The van der Waals surface area contributed by atoms with Crippen molar-refractivity contribution in [3.05, 3.63) is 39.6 Å². The molecule has 7 nitrogen and oxygen atoms in total. The number of aryl methyl sites for hydroxylation is 2. The van der Waals surface area contributed by atoms with Gasteiger partial charge in [0.25, 0.3) is 5.91 Å². The molecular weight excluding hydrogens is 384 g/mol. The minimum Gasteiger partial charge on any atom is -0.509 e. The summed E-state index contributed by atoms with van der Waals surface area (Å²) in [6.07, 6.45) is 1.78. The lowest BCUT2D eigenvalue weighted by molar-refractivity contribution is -0.290. The summed E-state index contributed by atoms with van der Waals surface area (Å²) in [5, 5.41) is 24.2. The van der Waals surface area contributed by atoms with Gasteiger partial charge in [-0.1, -0.05) is 11.6 Å². The van der Waals surface area contributed by atoms with Crippen molar-refractivity contribution in [3.8, 4) is 0 Å². The summed E-state index contributed by atoms with van der Waals surface area (Å²) in [6, 6.07) is 3.62.